The highest BCUT2D eigenvalue weighted by atomic mass is 16.6. The average molecular weight is 184 g/mol. The Labute approximate surface area is 75.8 Å². The summed E-state index contributed by atoms with van der Waals surface area (Å²) in [7, 11) is 1.41. The lowest BCUT2D eigenvalue weighted by Crippen LogP contribution is -2.49. The molecule has 5 heteroatoms. The van der Waals surface area contributed by atoms with Crippen molar-refractivity contribution in [3.8, 4) is 0 Å². The lowest BCUT2D eigenvalue weighted by atomic mass is 10.00. The molecule has 1 rings (SSSR count). The predicted octanol–water partition coefficient (Wildman–Crippen LogP) is 0.131. The van der Waals surface area contributed by atoms with Crippen LogP contribution in [-0.4, -0.2) is 13.0 Å². The molecular formula is C8H12N2O3. The average Bonchev–Trinajstić information content (AvgIpc) is 2.56. The maximum Gasteiger partial charge on any atom is 0.247 e. The molecule has 72 valence electrons. The van der Waals surface area contributed by atoms with Crippen molar-refractivity contribution in [3.63, 3.8) is 0 Å². The van der Waals surface area contributed by atoms with Crippen molar-refractivity contribution in [2.24, 2.45) is 5.73 Å². The highest BCUT2D eigenvalue weighted by molar-refractivity contribution is 5.84. The SMILES string of the molecule is CONC(C)(C(N)=O)c1ccco1. The van der Waals surface area contributed by atoms with E-state index in [0.29, 0.717) is 5.76 Å². The summed E-state index contributed by atoms with van der Waals surface area (Å²) in [5.41, 5.74) is 6.57. The minimum Gasteiger partial charge on any atom is -0.467 e. The number of hydrogen-bond donors (Lipinski definition) is 2. The van der Waals surface area contributed by atoms with Gasteiger partial charge in [-0.05, 0) is 19.1 Å². The molecule has 1 aromatic heterocycles. The second kappa shape index (κ2) is 3.59. The smallest absolute Gasteiger partial charge is 0.247 e. The Morgan fingerprint density at radius 1 is 1.77 bits per heavy atom. The Bertz CT molecular complexity index is 284. The summed E-state index contributed by atoms with van der Waals surface area (Å²) in [6.45, 7) is 1.58. The first-order valence-corrected chi connectivity index (χ1v) is 3.75. The van der Waals surface area contributed by atoms with Crippen LogP contribution in [-0.2, 0) is 15.2 Å². The van der Waals surface area contributed by atoms with Crippen LogP contribution in [0.5, 0.6) is 0 Å². The van der Waals surface area contributed by atoms with E-state index in [2.05, 4.69) is 10.3 Å². The van der Waals surface area contributed by atoms with E-state index >= 15 is 0 Å². The Morgan fingerprint density at radius 2 is 2.46 bits per heavy atom. The van der Waals surface area contributed by atoms with E-state index in [1.165, 1.54) is 13.4 Å². The lowest BCUT2D eigenvalue weighted by molar-refractivity contribution is -0.131. The highest BCUT2D eigenvalue weighted by Crippen LogP contribution is 2.20. The van der Waals surface area contributed by atoms with Gasteiger partial charge < -0.3 is 15.0 Å². The van der Waals surface area contributed by atoms with Crippen LogP contribution in [0.1, 0.15) is 12.7 Å². The zero-order valence-electron chi connectivity index (χ0n) is 7.53. The van der Waals surface area contributed by atoms with Gasteiger partial charge >= 0.3 is 0 Å². The molecule has 1 aromatic rings. The fourth-order valence-electron chi connectivity index (χ4n) is 0.989. The van der Waals surface area contributed by atoms with E-state index in [1.54, 1.807) is 19.1 Å². The van der Waals surface area contributed by atoms with Gasteiger partial charge in [0.1, 0.15) is 5.76 Å². The molecule has 0 bridgehead atoms. The molecule has 3 N–H and O–H groups in total. The summed E-state index contributed by atoms with van der Waals surface area (Å²) in [6, 6.07) is 3.32. The number of nitrogens with two attached hydrogens (primary N) is 1. The predicted molar refractivity (Wildman–Crippen MR) is 45.4 cm³/mol. The first kappa shape index (κ1) is 9.76. The summed E-state index contributed by atoms with van der Waals surface area (Å²) in [4.78, 5) is 15.8. The second-order valence-corrected chi connectivity index (χ2v) is 2.77. The fraction of sp³-hybridized carbons (Fsp3) is 0.375. The van der Waals surface area contributed by atoms with Crippen LogP contribution in [0.4, 0.5) is 0 Å². The van der Waals surface area contributed by atoms with Gasteiger partial charge in [0.25, 0.3) is 0 Å². The zero-order valence-corrected chi connectivity index (χ0v) is 7.53. The second-order valence-electron chi connectivity index (χ2n) is 2.77. The van der Waals surface area contributed by atoms with Gasteiger partial charge in [-0.3, -0.25) is 4.79 Å². The number of hydrogen-bond acceptors (Lipinski definition) is 4. The van der Waals surface area contributed by atoms with Crippen LogP contribution in [0.2, 0.25) is 0 Å². The number of hydroxylamine groups is 1. The molecule has 0 aromatic carbocycles. The minimum absolute atomic E-state index is 0.418. The van der Waals surface area contributed by atoms with Crippen LogP contribution in [0.3, 0.4) is 0 Å². The molecule has 0 aliphatic rings. The van der Waals surface area contributed by atoms with Crippen LogP contribution in [0.25, 0.3) is 0 Å². The number of nitrogens with one attached hydrogen (secondary N) is 1. The maximum atomic E-state index is 11.1. The van der Waals surface area contributed by atoms with E-state index in [0.717, 1.165) is 0 Å². The molecule has 1 heterocycles. The van der Waals surface area contributed by atoms with E-state index in [9.17, 15) is 4.79 Å². The first-order chi connectivity index (χ1) is 6.11. The van der Waals surface area contributed by atoms with Crippen molar-refractivity contribution in [2.45, 2.75) is 12.5 Å². The number of carbonyl (C=O) groups is 1. The summed E-state index contributed by atoms with van der Waals surface area (Å²) in [6.07, 6.45) is 1.47. The summed E-state index contributed by atoms with van der Waals surface area (Å²) in [5, 5.41) is 0. The van der Waals surface area contributed by atoms with Crippen molar-refractivity contribution >= 4 is 5.91 Å². The van der Waals surface area contributed by atoms with Gasteiger partial charge in [0.05, 0.1) is 13.4 Å². The van der Waals surface area contributed by atoms with E-state index in [1.807, 2.05) is 0 Å². The molecule has 1 unspecified atom stereocenters. The van der Waals surface area contributed by atoms with Gasteiger partial charge in [-0.25, -0.2) is 0 Å². The number of primary amides is 1. The van der Waals surface area contributed by atoms with E-state index < -0.39 is 11.4 Å². The van der Waals surface area contributed by atoms with Crippen LogP contribution in [0.15, 0.2) is 22.8 Å². The van der Waals surface area contributed by atoms with Gasteiger partial charge in [0.15, 0.2) is 5.54 Å². The molecule has 0 saturated heterocycles. The topological polar surface area (TPSA) is 77.5 Å². The zero-order chi connectivity index (χ0) is 9.90. The summed E-state index contributed by atoms with van der Waals surface area (Å²) < 4.78 is 5.07. The molecule has 0 spiro atoms. The summed E-state index contributed by atoms with van der Waals surface area (Å²) >= 11 is 0. The lowest BCUT2D eigenvalue weighted by Gasteiger charge is -2.23. The van der Waals surface area contributed by atoms with E-state index in [4.69, 9.17) is 10.2 Å². The number of carbonyl (C=O) groups excluding carboxylic acids is 1. The molecular weight excluding hydrogens is 172 g/mol. The molecule has 0 saturated carbocycles. The van der Waals surface area contributed by atoms with Crippen LogP contribution in [0, 0.1) is 0 Å². The third kappa shape index (κ3) is 1.71. The molecule has 1 amide bonds. The van der Waals surface area contributed by atoms with Gasteiger partial charge in [0, 0.05) is 0 Å². The van der Waals surface area contributed by atoms with Crippen molar-refractivity contribution in [1.82, 2.24) is 5.48 Å². The fourth-order valence-corrected chi connectivity index (χ4v) is 0.989. The molecule has 1 atom stereocenters. The Hall–Kier alpha value is -1.33. The standard InChI is InChI=1S/C8H12N2O3/c1-8(7(9)11,10-12-2)6-4-3-5-13-6/h3-5,10H,1-2H3,(H2,9,11). The molecule has 0 radical (unpaired) electrons. The van der Waals surface area contributed by atoms with Gasteiger partial charge in [-0.2, -0.15) is 5.48 Å². The Kier molecular flexibility index (Phi) is 2.69. The van der Waals surface area contributed by atoms with Crippen LogP contribution >= 0.6 is 0 Å². The highest BCUT2D eigenvalue weighted by Gasteiger charge is 2.36. The first-order valence-electron chi connectivity index (χ1n) is 3.75. The number of rotatable bonds is 4. The largest absolute Gasteiger partial charge is 0.467 e. The van der Waals surface area contributed by atoms with Gasteiger partial charge in [0.2, 0.25) is 5.91 Å². The van der Waals surface area contributed by atoms with Crippen molar-refractivity contribution < 1.29 is 14.0 Å². The van der Waals surface area contributed by atoms with Crippen LogP contribution < -0.4 is 11.2 Å². The summed E-state index contributed by atoms with van der Waals surface area (Å²) in [5.74, 6) is -0.147. The van der Waals surface area contributed by atoms with Crippen molar-refractivity contribution in [2.75, 3.05) is 7.11 Å². The van der Waals surface area contributed by atoms with Crippen molar-refractivity contribution in [3.05, 3.63) is 24.2 Å². The maximum absolute atomic E-state index is 11.1. The number of amides is 1. The monoisotopic (exact) mass is 184 g/mol. The van der Waals surface area contributed by atoms with Crippen molar-refractivity contribution in [1.29, 1.82) is 0 Å². The third-order valence-electron chi connectivity index (χ3n) is 1.81. The third-order valence-corrected chi connectivity index (χ3v) is 1.81. The van der Waals surface area contributed by atoms with Gasteiger partial charge in [-0.1, -0.05) is 0 Å². The quantitative estimate of drug-likeness (QED) is 0.652. The minimum atomic E-state index is -1.13. The molecule has 0 aliphatic heterocycles. The molecule has 13 heavy (non-hydrogen) atoms. The van der Waals surface area contributed by atoms with E-state index in [-0.39, 0.29) is 0 Å². The van der Waals surface area contributed by atoms with Gasteiger partial charge in [-0.15, -0.1) is 0 Å². The molecule has 5 nitrogen and oxygen atoms in total. The normalized spacial score (nSPS) is 15.2. The molecule has 0 fully saturated rings. The Morgan fingerprint density at radius 3 is 2.85 bits per heavy atom. The Balaban J connectivity index is 2.98. The number of furan rings is 1. The molecule has 0 aliphatic carbocycles.